The Hall–Kier alpha value is 1.10. The summed E-state index contributed by atoms with van der Waals surface area (Å²) in [5, 5.41) is 3.30. The van der Waals surface area contributed by atoms with Gasteiger partial charge in [0.15, 0.2) is 6.71 Å². The van der Waals surface area contributed by atoms with Gasteiger partial charge in [0.1, 0.15) is 0 Å². The lowest BCUT2D eigenvalue weighted by Crippen LogP contribution is -2.31. The fourth-order valence-electron chi connectivity index (χ4n) is 1.36. The Morgan fingerprint density at radius 2 is 1.23 bits per heavy atom. The second-order valence-corrected chi connectivity index (χ2v) is 9.71. The quantitative estimate of drug-likeness (QED) is 0.479. The molecule has 1 N–H and O–H groups in total. The topological polar surface area (TPSA) is 12.0 Å². The lowest BCUT2D eigenvalue weighted by atomic mass is 10.1. The van der Waals surface area contributed by atoms with E-state index in [1.54, 1.807) is 0 Å². The van der Waals surface area contributed by atoms with Gasteiger partial charge >= 0.3 is 0 Å². The molecule has 5 heteroatoms. The first-order chi connectivity index (χ1) is 5.93. The summed E-state index contributed by atoms with van der Waals surface area (Å²) in [6.07, 6.45) is 0. The molecule has 0 aromatic heterocycles. The molecular weight excluding hydrogens is 430 g/mol. The van der Waals surface area contributed by atoms with Crippen molar-refractivity contribution in [3.8, 4) is 0 Å². The average Bonchev–Trinajstić information content (AvgIpc) is 2.20. The first kappa shape index (κ1) is 10.6. The van der Waals surface area contributed by atoms with Crippen molar-refractivity contribution in [2.45, 2.75) is 6.71 Å². The van der Waals surface area contributed by atoms with Gasteiger partial charge in [0.25, 0.3) is 0 Å². The molecule has 0 spiro atoms. The molecule has 0 aliphatic carbocycles. The molecule has 1 nitrogen and oxygen atoms in total. The van der Waals surface area contributed by atoms with E-state index in [2.05, 4.69) is 81.2 Å². The van der Waals surface area contributed by atoms with Crippen molar-refractivity contribution in [3.63, 3.8) is 0 Å². The highest BCUT2D eigenvalue weighted by Crippen LogP contribution is 2.53. The molecule has 1 heterocycles. The number of rotatable bonds is 0. The molecule has 2 rings (SSSR count). The maximum Gasteiger partial charge on any atom is 0.158 e. The number of nitrogens with one attached hydrogen (secondary N) is 1. The van der Waals surface area contributed by atoms with E-state index < -0.39 is 0 Å². The standard InChI is InChI=1S/C8H5Br4N/c9-7(10)5-3-1-2-4-6(5)8(11,12)13-7/h1-4,13H. The van der Waals surface area contributed by atoms with Gasteiger partial charge in [-0.15, -0.1) is 0 Å². The number of hydrogen-bond donors (Lipinski definition) is 1. The highest BCUT2D eigenvalue weighted by atomic mass is 79.9. The molecule has 1 aliphatic rings. The van der Waals surface area contributed by atoms with Gasteiger partial charge in [-0.25, -0.2) is 0 Å². The predicted molar refractivity (Wildman–Crippen MR) is 68.6 cm³/mol. The monoisotopic (exact) mass is 431 g/mol. The third kappa shape index (κ3) is 1.78. The van der Waals surface area contributed by atoms with Crippen molar-refractivity contribution in [1.29, 1.82) is 0 Å². The summed E-state index contributed by atoms with van der Waals surface area (Å²) in [5.41, 5.74) is 2.34. The number of hydrogen-bond acceptors (Lipinski definition) is 1. The van der Waals surface area contributed by atoms with E-state index in [0.29, 0.717) is 0 Å². The van der Waals surface area contributed by atoms with Crippen LogP contribution in [0, 0.1) is 0 Å². The Labute approximate surface area is 110 Å². The van der Waals surface area contributed by atoms with Crippen LogP contribution in [-0.4, -0.2) is 0 Å². The number of alkyl halides is 4. The molecule has 0 amide bonds. The van der Waals surface area contributed by atoms with Crippen LogP contribution in [0.3, 0.4) is 0 Å². The minimum Gasteiger partial charge on any atom is -0.262 e. The molecule has 1 aliphatic heterocycles. The lowest BCUT2D eigenvalue weighted by molar-refractivity contribution is 0.690. The van der Waals surface area contributed by atoms with Crippen LogP contribution in [0.1, 0.15) is 11.1 Å². The van der Waals surface area contributed by atoms with Gasteiger partial charge in [0.05, 0.1) is 0 Å². The van der Waals surface area contributed by atoms with E-state index in [-0.39, 0.29) is 6.71 Å². The van der Waals surface area contributed by atoms with Crippen molar-refractivity contribution in [2.24, 2.45) is 0 Å². The number of fused-ring (bicyclic) bond motifs is 1. The van der Waals surface area contributed by atoms with Gasteiger partial charge in [-0.3, -0.25) is 5.32 Å². The normalized spacial score (nSPS) is 22.8. The van der Waals surface area contributed by atoms with Gasteiger partial charge in [0, 0.05) is 11.1 Å². The molecule has 0 atom stereocenters. The Morgan fingerprint density at radius 1 is 0.846 bits per heavy atom. The highest BCUT2D eigenvalue weighted by molar-refractivity contribution is 9.25. The van der Waals surface area contributed by atoms with Crippen molar-refractivity contribution < 1.29 is 0 Å². The van der Waals surface area contributed by atoms with Crippen molar-refractivity contribution in [2.75, 3.05) is 0 Å². The summed E-state index contributed by atoms with van der Waals surface area (Å²) in [6.45, 7) is 0. The van der Waals surface area contributed by atoms with E-state index in [1.165, 1.54) is 11.1 Å². The van der Waals surface area contributed by atoms with Gasteiger partial charge in [-0.1, -0.05) is 24.3 Å². The van der Waals surface area contributed by atoms with Crippen molar-refractivity contribution in [1.82, 2.24) is 5.32 Å². The van der Waals surface area contributed by atoms with Crippen LogP contribution in [0.2, 0.25) is 0 Å². The van der Waals surface area contributed by atoms with Crippen LogP contribution in [0.4, 0.5) is 0 Å². The Bertz CT molecular complexity index is 315. The Balaban J connectivity index is 2.64. The predicted octanol–water partition coefficient (Wildman–Crippen LogP) is 4.09. The fourth-order valence-corrected chi connectivity index (χ4v) is 5.00. The summed E-state index contributed by atoms with van der Waals surface area (Å²) in [5.74, 6) is 0. The van der Waals surface area contributed by atoms with Gasteiger partial charge in [-0.05, 0) is 63.7 Å². The van der Waals surface area contributed by atoms with E-state index in [1.807, 2.05) is 12.1 Å². The maximum absolute atomic E-state index is 3.56. The smallest absolute Gasteiger partial charge is 0.158 e. The molecule has 1 aromatic rings. The maximum atomic E-state index is 3.56. The van der Waals surface area contributed by atoms with Crippen LogP contribution in [0.15, 0.2) is 24.3 Å². The van der Waals surface area contributed by atoms with Gasteiger partial charge in [0.2, 0.25) is 0 Å². The molecule has 1 aromatic carbocycles. The highest BCUT2D eigenvalue weighted by Gasteiger charge is 2.46. The van der Waals surface area contributed by atoms with Crippen molar-refractivity contribution in [3.05, 3.63) is 35.4 Å². The van der Waals surface area contributed by atoms with E-state index in [9.17, 15) is 0 Å². The molecular formula is C8H5Br4N. The summed E-state index contributed by atoms with van der Waals surface area (Å²) in [4.78, 5) is 0. The molecule has 0 bridgehead atoms. The summed E-state index contributed by atoms with van der Waals surface area (Å²) in [7, 11) is 0. The van der Waals surface area contributed by atoms with Crippen LogP contribution in [0.25, 0.3) is 0 Å². The third-order valence-corrected chi connectivity index (χ3v) is 4.42. The Morgan fingerprint density at radius 3 is 1.62 bits per heavy atom. The summed E-state index contributed by atoms with van der Waals surface area (Å²) < 4.78 is -0.715. The Kier molecular flexibility index (Phi) is 2.70. The van der Waals surface area contributed by atoms with Crippen LogP contribution in [0.5, 0.6) is 0 Å². The summed E-state index contributed by atoms with van der Waals surface area (Å²) >= 11 is 14.2. The minimum absolute atomic E-state index is 0.358. The molecule has 0 fully saturated rings. The number of benzene rings is 1. The number of halogens is 4. The molecule has 13 heavy (non-hydrogen) atoms. The first-order valence-electron chi connectivity index (χ1n) is 3.58. The molecule has 0 unspecified atom stereocenters. The van der Waals surface area contributed by atoms with Gasteiger partial charge in [-0.2, -0.15) is 0 Å². The van der Waals surface area contributed by atoms with E-state index >= 15 is 0 Å². The fraction of sp³-hybridized carbons (Fsp3) is 0.250. The SMILES string of the molecule is BrC1(Br)NC(Br)(Br)c2ccccc21. The van der Waals surface area contributed by atoms with Crippen LogP contribution >= 0.6 is 63.7 Å². The second-order valence-electron chi connectivity index (χ2n) is 2.82. The molecule has 0 saturated carbocycles. The second kappa shape index (κ2) is 3.30. The summed E-state index contributed by atoms with van der Waals surface area (Å²) in [6, 6.07) is 8.16. The molecule has 70 valence electrons. The molecule has 0 radical (unpaired) electrons. The lowest BCUT2D eigenvalue weighted by Gasteiger charge is -2.19. The zero-order valence-corrected chi connectivity index (χ0v) is 12.7. The van der Waals surface area contributed by atoms with Crippen LogP contribution in [-0.2, 0) is 6.71 Å². The average molecular weight is 435 g/mol. The molecule has 0 saturated heterocycles. The van der Waals surface area contributed by atoms with Gasteiger partial charge < -0.3 is 0 Å². The largest absolute Gasteiger partial charge is 0.262 e. The third-order valence-electron chi connectivity index (χ3n) is 1.92. The zero-order chi connectivity index (χ0) is 9.69. The van der Waals surface area contributed by atoms with Crippen molar-refractivity contribution >= 4 is 63.7 Å². The first-order valence-corrected chi connectivity index (χ1v) is 6.76. The van der Waals surface area contributed by atoms with E-state index in [4.69, 9.17) is 0 Å². The minimum atomic E-state index is -0.358. The zero-order valence-electron chi connectivity index (χ0n) is 6.32. The van der Waals surface area contributed by atoms with E-state index in [0.717, 1.165) is 0 Å². The van der Waals surface area contributed by atoms with Crippen LogP contribution < -0.4 is 5.32 Å².